The van der Waals surface area contributed by atoms with Gasteiger partial charge in [0.2, 0.25) is 10.0 Å². The number of sulfonamides is 1. The number of anilines is 2. The molecule has 2 aromatic carbocycles. The van der Waals surface area contributed by atoms with Crippen LogP contribution in [-0.4, -0.2) is 45.7 Å². The van der Waals surface area contributed by atoms with E-state index in [-0.39, 0.29) is 18.9 Å². The lowest BCUT2D eigenvalue weighted by Crippen LogP contribution is -2.36. The maximum absolute atomic E-state index is 12.9. The Bertz CT molecular complexity index is 1070. The van der Waals surface area contributed by atoms with E-state index in [9.17, 15) is 18.0 Å². The van der Waals surface area contributed by atoms with Crippen molar-refractivity contribution in [2.45, 2.75) is 12.5 Å². The van der Waals surface area contributed by atoms with Crippen LogP contribution in [0.1, 0.15) is 16.8 Å². The van der Waals surface area contributed by atoms with E-state index in [0.29, 0.717) is 29.2 Å². The number of carbonyl (C=O) groups excluding carboxylic acids is 2. The molecule has 2 aromatic rings. The van der Waals surface area contributed by atoms with Crippen LogP contribution in [0.25, 0.3) is 0 Å². The molecule has 3 rings (SSSR count). The number of fused-ring (bicyclic) bond motifs is 1. The maximum Gasteiger partial charge on any atom is 0.265 e. The maximum atomic E-state index is 12.9. The van der Waals surface area contributed by atoms with E-state index in [1.807, 2.05) is 0 Å². The van der Waals surface area contributed by atoms with Gasteiger partial charge in [0.15, 0.2) is 6.10 Å². The number of nitrogens with zero attached hydrogens (tertiary/aromatic N) is 1. The molecule has 0 aromatic heterocycles. The summed E-state index contributed by atoms with van der Waals surface area (Å²) >= 11 is 0. The van der Waals surface area contributed by atoms with Crippen LogP contribution in [0.3, 0.4) is 0 Å². The van der Waals surface area contributed by atoms with E-state index < -0.39 is 22.0 Å². The second-order valence-electron chi connectivity index (χ2n) is 6.73. The molecular formula is C21H23N3O5S. The molecule has 1 aliphatic heterocycles. The van der Waals surface area contributed by atoms with Gasteiger partial charge in [-0.1, -0.05) is 30.3 Å². The van der Waals surface area contributed by atoms with Gasteiger partial charge in [0, 0.05) is 19.5 Å². The van der Waals surface area contributed by atoms with Crippen LogP contribution in [0, 0.1) is 0 Å². The normalized spacial score (nSPS) is 15.9. The molecule has 30 heavy (non-hydrogen) atoms. The Morgan fingerprint density at radius 2 is 1.90 bits per heavy atom. The van der Waals surface area contributed by atoms with E-state index in [0.717, 1.165) is 6.26 Å². The van der Waals surface area contributed by atoms with E-state index in [2.05, 4.69) is 17.2 Å². The molecule has 1 unspecified atom stereocenters. The number of para-hydroxylation sites is 3. The van der Waals surface area contributed by atoms with Crippen molar-refractivity contribution in [3.8, 4) is 5.75 Å². The van der Waals surface area contributed by atoms with Gasteiger partial charge in [-0.15, -0.1) is 6.58 Å². The fourth-order valence-corrected chi connectivity index (χ4v) is 4.07. The molecule has 0 aliphatic carbocycles. The van der Waals surface area contributed by atoms with E-state index in [1.54, 1.807) is 54.6 Å². The third-order valence-electron chi connectivity index (χ3n) is 4.53. The highest BCUT2D eigenvalue weighted by molar-refractivity contribution is 7.92. The van der Waals surface area contributed by atoms with Crippen LogP contribution >= 0.6 is 0 Å². The van der Waals surface area contributed by atoms with Crippen molar-refractivity contribution in [3.63, 3.8) is 0 Å². The summed E-state index contributed by atoms with van der Waals surface area (Å²) < 4.78 is 31.5. The van der Waals surface area contributed by atoms with E-state index >= 15 is 0 Å². The zero-order valence-corrected chi connectivity index (χ0v) is 17.3. The van der Waals surface area contributed by atoms with Gasteiger partial charge in [0.05, 0.1) is 23.2 Å². The molecule has 1 aliphatic rings. The first-order valence-corrected chi connectivity index (χ1v) is 11.2. The molecule has 1 heterocycles. The largest absolute Gasteiger partial charge is 0.478 e. The monoisotopic (exact) mass is 429 g/mol. The van der Waals surface area contributed by atoms with Crippen LogP contribution in [0.2, 0.25) is 0 Å². The molecule has 2 N–H and O–H groups in total. The van der Waals surface area contributed by atoms with Crippen molar-refractivity contribution >= 4 is 33.2 Å². The molecule has 0 spiro atoms. The Hall–Kier alpha value is -3.33. The molecule has 0 radical (unpaired) electrons. The lowest BCUT2D eigenvalue weighted by Gasteiger charge is -2.20. The first kappa shape index (κ1) is 21.4. The lowest BCUT2D eigenvalue weighted by atomic mass is 10.1. The topological polar surface area (TPSA) is 105 Å². The number of hydrogen-bond acceptors (Lipinski definition) is 5. The minimum absolute atomic E-state index is 0.0927. The summed E-state index contributed by atoms with van der Waals surface area (Å²) in [6.45, 7) is 3.95. The van der Waals surface area contributed by atoms with Crippen molar-refractivity contribution in [3.05, 3.63) is 66.7 Å². The molecule has 0 saturated heterocycles. The second-order valence-corrected chi connectivity index (χ2v) is 8.64. The summed E-state index contributed by atoms with van der Waals surface area (Å²) in [4.78, 5) is 25.3. The summed E-state index contributed by atoms with van der Waals surface area (Å²) in [5.41, 5.74) is 1.03. The molecule has 0 saturated carbocycles. The van der Waals surface area contributed by atoms with Gasteiger partial charge in [0.25, 0.3) is 11.8 Å². The lowest BCUT2D eigenvalue weighted by molar-refractivity contribution is -0.122. The highest BCUT2D eigenvalue weighted by Crippen LogP contribution is 2.34. The van der Waals surface area contributed by atoms with Gasteiger partial charge in [0.1, 0.15) is 5.75 Å². The third kappa shape index (κ3) is 4.80. The Labute approximate surface area is 175 Å². The molecule has 1 atom stereocenters. The van der Waals surface area contributed by atoms with Crippen molar-refractivity contribution < 1.29 is 22.7 Å². The van der Waals surface area contributed by atoms with Crippen molar-refractivity contribution in [1.29, 1.82) is 0 Å². The average Bonchev–Trinajstić information content (AvgIpc) is 2.92. The first-order chi connectivity index (χ1) is 14.3. The molecule has 0 bridgehead atoms. The third-order valence-corrected chi connectivity index (χ3v) is 5.71. The van der Waals surface area contributed by atoms with Crippen molar-refractivity contribution in [2.75, 3.05) is 29.0 Å². The molecule has 0 fully saturated rings. The Morgan fingerprint density at radius 1 is 1.20 bits per heavy atom. The predicted molar refractivity (Wildman–Crippen MR) is 115 cm³/mol. The molecule has 9 heteroatoms. The number of amides is 2. The van der Waals surface area contributed by atoms with Crippen LogP contribution < -0.4 is 19.7 Å². The van der Waals surface area contributed by atoms with Crippen LogP contribution in [0.15, 0.2) is 61.2 Å². The number of ether oxygens (including phenoxy) is 1. The Balaban J connectivity index is 1.83. The zero-order valence-electron chi connectivity index (χ0n) is 16.5. The zero-order chi connectivity index (χ0) is 21.7. The molecular weight excluding hydrogens is 406 g/mol. The van der Waals surface area contributed by atoms with Gasteiger partial charge >= 0.3 is 0 Å². The fourth-order valence-electron chi connectivity index (χ4n) is 3.12. The highest BCUT2D eigenvalue weighted by atomic mass is 32.2. The van der Waals surface area contributed by atoms with E-state index in [1.165, 1.54) is 4.31 Å². The number of hydrogen-bond donors (Lipinski definition) is 2. The molecule has 2 amide bonds. The van der Waals surface area contributed by atoms with Crippen LogP contribution in [0.5, 0.6) is 5.75 Å². The standard InChI is InChI=1S/C21H23N3O5S/c1-3-13-22-20(25)15-8-4-5-9-16(15)23-21(26)19-12-14-24(30(2,27)28)17-10-6-7-11-18(17)29-19/h3-11,19H,1,12-14H2,2H3,(H,22,25)(H,23,26). The van der Waals surface area contributed by atoms with Gasteiger partial charge in [-0.2, -0.15) is 0 Å². The molecule has 158 valence electrons. The molecule has 8 nitrogen and oxygen atoms in total. The van der Waals surface area contributed by atoms with Gasteiger partial charge in [-0.3, -0.25) is 13.9 Å². The van der Waals surface area contributed by atoms with Gasteiger partial charge < -0.3 is 15.4 Å². The quantitative estimate of drug-likeness (QED) is 0.685. The second kappa shape index (κ2) is 9.00. The van der Waals surface area contributed by atoms with Crippen molar-refractivity contribution in [1.82, 2.24) is 5.32 Å². The van der Waals surface area contributed by atoms with Gasteiger partial charge in [-0.05, 0) is 24.3 Å². The smallest absolute Gasteiger partial charge is 0.265 e. The average molecular weight is 429 g/mol. The summed E-state index contributed by atoms with van der Waals surface area (Å²) in [6, 6.07) is 13.3. The van der Waals surface area contributed by atoms with Gasteiger partial charge in [-0.25, -0.2) is 8.42 Å². The minimum Gasteiger partial charge on any atom is -0.478 e. The van der Waals surface area contributed by atoms with E-state index in [4.69, 9.17) is 4.74 Å². The highest BCUT2D eigenvalue weighted by Gasteiger charge is 2.31. The fraction of sp³-hybridized carbons (Fsp3) is 0.238. The summed E-state index contributed by atoms with van der Waals surface area (Å²) in [6.07, 6.45) is 1.90. The number of carbonyl (C=O) groups is 2. The summed E-state index contributed by atoms with van der Waals surface area (Å²) in [5, 5.41) is 5.41. The summed E-state index contributed by atoms with van der Waals surface area (Å²) in [5.74, 6) is -0.511. The first-order valence-electron chi connectivity index (χ1n) is 9.33. The van der Waals surface area contributed by atoms with Crippen LogP contribution in [0.4, 0.5) is 11.4 Å². The number of rotatable bonds is 6. The Morgan fingerprint density at radius 3 is 2.63 bits per heavy atom. The minimum atomic E-state index is -3.54. The van der Waals surface area contributed by atoms with Crippen LogP contribution in [-0.2, 0) is 14.8 Å². The summed E-state index contributed by atoms with van der Waals surface area (Å²) in [7, 11) is -3.54. The SMILES string of the molecule is C=CCNC(=O)c1ccccc1NC(=O)C1CCN(S(C)(=O)=O)c2ccccc2O1. The predicted octanol–water partition coefficient (Wildman–Crippen LogP) is 2.16. The van der Waals surface area contributed by atoms with Crippen molar-refractivity contribution in [2.24, 2.45) is 0 Å². The number of nitrogens with one attached hydrogen (secondary N) is 2. The Kier molecular flexibility index (Phi) is 6.41. The number of benzene rings is 2.